The third-order valence-electron chi connectivity index (χ3n) is 4.47. The molecule has 0 saturated carbocycles. The Morgan fingerprint density at radius 3 is 2.96 bits per heavy atom. The number of halogens is 1. The quantitative estimate of drug-likeness (QED) is 0.841. The number of esters is 1. The summed E-state index contributed by atoms with van der Waals surface area (Å²) in [4.78, 5) is 17.7. The summed E-state index contributed by atoms with van der Waals surface area (Å²) in [7, 11) is 1.39. The van der Waals surface area contributed by atoms with Crippen LogP contribution in [0.2, 0.25) is 5.02 Å². The molecule has 7 heteroatoms. The third-order valence-corrected chi connectivity index (χ3v) is 4.81. The third kappa shape index (κ3) is 4.13. The number of hydrogen-bond donors (Lipinski definition) is 1. The normalized spacial score (nSPS) is 16.2. The molecule has 1 fully saturated rings. The number of rotatable bonds is 5. The van der Waals surface area contributed by atoms with Gasteiger partial charge in [0, 0.05) is 30.6 Å². The number of pyridine rings is 1. The van der Waals surface area contributed by atoms with Crippen LogP contribution in [-0.2, 0) is 22.5 Å². The van der Waals surface area contributed by atoms with Crippen molar-refractivity contribution < 1.29 is 9.53 Å². The van der Waals surface area contributed by atoms with Crippen LogP contribution in [-0.4, -0.2) is 46.2 Å². The van der Waals surface area contributed by atoms with Crippen molar-refractivity contribution in [2.75, 3.05) is 20.2 Å². The predicted molar refractivity (Wildman–Crippen MR) is 90.8 cm³/mol. The summed E-state index contributed by atoms with van der Waals surface area (Å²) in [6, 6.07) is 3.96. The lowest BCUT2D eigenvalue weighted by Crippen LogP contribution is -2.32. The molecule has 0 bridgehead atoms. The van der Waals surface area contributed by atoms with Crippen molar-refractivity contribution in [3.05, 3.63) is 46.5 Å². The average molecular weight is 349 g/mol. The maximum Gasteiger partial charge on any atom is 0.311 e. The highest BCUT2D eigenvalue weighted by Crippen LogP contribution is 2.28. The molecule has 0 aromatic carbocycles. The number of nitrogens with zero attached hydrogens (tertiary/aromatic N) is 3. The number of H-pyrrole nitrogens is 1. The number of methoxy groups -OCH3 is 1. The average Bonchev–Trinajstić information content (AvgIpc) is 3.06. The SMILES string of the molecule is COC(=O)Cc1cc(C2CCN(Cc3ccncc3Cl)CC2)n[nH]1. The summed E-state index contributed by atoms with van der Waals surface area (Å²) in [6.07, 6.45) is 5.80. The zero-order valence-corrected chi connectivity index (χ0v) is 14.4. The zero-order valence-electron chi connectivity index (χ0n) is 13.7. The highest BCUT2D eigenvalue weighted by Gasteiger charge is 2.23. The van der Waals surface area contributed by atoms with Crippen molar-refractivity contribution in [1.82, 2.24) is 20.1 Å². The largest absolute Gasteiger partial charge is 0.469 e. The van der Waals surface area contributed by atoms with E-state index in [0.29, 0.717) is 5.92 Å². The van der Waals surface area contributed by atoms with Crippen LogP contribution in [0, 0.1) is 0 Å². The lowest BCUT2D eigenvalue weighted by atomic mass is 9.93. The van der Waals surface area contributed by atoms with Gasteiger partial charge in [-0.25, -0.2) is 0 Å². The van der Waals surface area contributed by atoms with E-state index in [1.165, 1.54) is 7.11 Å². The summed E-state index contributed by atoms with van der Waals surface area (Å²) in [5.74, 6) is 0.172. The first kappa shape index (κ1) is 16.9. The van der Waals surface area contributed by atoms with Gasteiger partial charge in [0.25, 0.3) is 0 Å². The number of piperidine rings is 1. The number of aromatic nitrogens is 3. The first-order chi connectivity index (χ1) is 11.7. The van der Waals surface area contributed by atoms with Crippen LogP contribution in [0.25, 0.3) is 0 Å². The molecule has 0 aliphatic carbocycles. The van der Waals surface area contributed by atoms with Crippen molar-refractivity contribution in [3.63, 3.8) is 0 Å². The lowest BCUT2D eigenvalue weighted by Gasteiger charge is -2.31. The number of carbonyl (C=O) groups excluding carboxylic acids is 1. The van der Waals surface area contributed by atoms with Crippen molar-refractivity contribution in [1.29, 1.82) is 0 Å². The van der Waals surface area contributed by atoms with Crippen LogP contribution in [0.4, 0.5) is 0 Å². The zero-order chi connectivity index (χ0) is 16.9. The van der Waals surface area contributed by atoms with Gasteiger partial charge in [0.2, 0.25) is 0 Å². The molecule has 6 nitrogen and oxygen atoms in total. The van der Waals surface area contributed by atoms with Gasteiger partial charge in [-0.15, -0.1) is 0 Å². The maximum absolute atomic E-state index is 11.3. The van der Waals surface area contributed by atoms with E-state index in [4.69, 9.17) is 11.6 Å². The van der Waals surface area contributed by atoms with Crippen molar-refractivity contribution in [2.24, 2.45) is 0 Å². The van der Waals surface area contributed by atoms with Crippen LogP contribution >= 0.6 is 11.6 Å². The first-order valence-corrected chi connectivity index (χ1v) is 8.45. The van der Waals surface area contributed by atoms with Crippen molar-refractivity contribution >= 4 is 17.6 Å². The van der Waals surface area contributed by atoms with E-state index < -0.39 is 0 Å². The van der Waals surface area contributed by atoms with Crippen LogP contribution in [0.3, 0.4) is 0 Å². The number of aromatic amines is 1. The molecule has 2 aromatic heterocycles. The van der Waals surface area contributed by atoms with Crippen LogP contribution in [0.5, 0.6) is 0 Å². The minimum absolute atomic E-state index is 0.239. The maximum atomic E-state index is 11.3. The molecule has 2 aromatic rings. The van der Waals surface area contributed by atoms with Crippen molar-refractivity contribution in [2.45, 2.75) is 31.7 Å². The Morgan fingerprint density at radius 1 is 1.46 bits per heavy atom. The monoisotopic (exact) mass is 348 g/mol. The first-order valence-electron chi connectivity index (χ1n) is 8.07. The molecule has 128 valence electrons. The van der Waals surface area contributed by atoms with Gasteiger partial charge < -0.3 is 4.74 Å². The Hall–Kier alpha value is -1.92. The van der Waals surface area contributed by atoms with E-state index in [0.717, 1.165) is 54.4 Å². The van der Waals surface area contributed by atoms with Gasteiger partial charge in [-0.3, -0.25) is 19.8 Å². The Balaban J connectivity index is 1.53. The van der Waals surface area contributed by atoms with E-state index in [1.54, 1.807) is 12.4 Å². The smallest absolute Gasteiger partial charge is 0.311 e. The Bertz CT molecular complexity index is 695. The molecule has 1 N–H and O–H groups in total. The van der Waals surface area contributed by atoms with Gasteiger partial charge >= 0.3 is 5.97 Å². The van der Waals surface area contributed by atoms with Crippen molar-refractivity contribution in [3.8, 4) is 0 Å². The van der Waals surface area contributed by atoms with E-state index in [1.807, 2.05) is 12.1 Å². The Labute approximate surface area is 146 Å². The van der Waals surface area contributed by atoms with E-state index in [-0.39, 0.29) is 12.4 Å². The van der Waals surface area contributed by atoms with Gasteiger partial charge in [0.15, 0.2) is 0 Å². The van der Waals surface area contributed by atoms with Crippen LogP contribution < -0.4 is 0 Å². The van der Waals surface area contributed by atoms with E-state index in [9.17, 15) is 4.79 Å². The minimum atomic E-state index is -0.255. The lowest BCUT2D eigenvalue weighted by molar-refractivity contribution is -0.139. The summed E-state index contributed by atoms with van der Waals surface area (Å²) in [6.45, 7) is 2.85. The summed E-state index contributed by atoms with van der Waals surface area (Å²) < 4.78 is 4.68. The second-order valence-corrected chi connectivity index (χ2v) is 6.50. The fourth-order valence-electron chi connectivity index (χ4n) is 3.07. The highest BCUT2D eigenvalue weighted by molar-refractivity contribution is 6.31. The molecule has 1 aliphatic heterocycles. The minimum Gasteiger partial charge on any atom is -0.469 e. The topological polar surface area (TPSA) is 71.1 Å². The molecule has 1 saturated heterocycles. The summed E-state index contributed by atoms with van der Waals surface area (Å²) in [5, 5.41) is 8.03. The van der Waals surface area contributed by atoms with Gasteiger partial charge in [-0.2, -0.15) is 5.10 Å². The molecule has 1 aliphatic rings. The second kappa shape index (κ2) is 7.77. The molecule has 0 unspecified atom stereocenters. The van der Waals surface area contributed by atoms with Gasteiger partial charge in [0.1, 0.15) is 0 Å². The van der Waals surface area contributed by atoms with Crippen LogP contribution in [0.15, 0.2) is 24.5 Å². The standard InChI is InChI=1S/C17H21ClN4O2/c1-24-17(23)9-14-8-16(21-20-14)12-3-6-22(7-4-12)11-13-2-5-19-10-15(13)18/h2,5,8,10,12H,3-4,6-7,9,11H2,1H3,(H,20,21). The Kier molecular flexibility index (Phi) is 5.48. The molecule has 0 radical (unpaired) electrons. The number of nitrogens with one attached hydrogen (secondary N) is 1. The molecule has 3 heterocycles. The fourth-order valence-corrected chi connectivity index (χ4v) is 3.25. The van der Waals surface area contributed by atoms with Gasteiger partial charge in [-0.05, 0) is 43.6 Å². The summed E-state index contributed by atoms with van der Waals surface area (Å²) in [5.41, 5.74) is 2.96. The van der Waals surface area contributed by atoms with E-state index in [2.05, 4.69) is 24.8 Å². The number of carbonyl (C=O) groups is 1. The molecular weight excluding hydrogens is 328 g/mol. The fraction of sp³-hybridized carbons (Fsp3) is 0.471. The second-order valence-electron chi connectivity index (χ2n) is 6.09. The highest BCUT2D eigenvalue weighted by atomic mass is 35.5. The predicted octanol–water partition coefficient (Wildman–Crippen LogP) is 2.55. The molecular formula is C17H21ClN4O2. The Morgan fingerprint density at radius 2 is 2.25 bits per heavy atom. The molecule has 24 heavy (non-hydrogen) atoms. The van der Waals surface area contributed by atoms with Crippen LogP contribution in [0.1, 0.15) is 35.7 Å². The number of likely N-dealkylation sites (tertiary alicyclic amines) is 1. The van der Waals surface area contributed by atoms with E-state index >= 15 is 0 Å². The summed E-state index contributed by atoms with van der Waals surface area (Å²) >= 11 is 6.18. The number of hydrogen-bond acceptors (Lipinski definition) is 5. The molecule has 0 amide bonds. The number of ether oxygens (including phenoxy) is 1. The molecule has 3 rings (SSSR count). The molecule has 0 spiro atoms. The van der Waals surface area contributed by atoms with Gasteiger partial charge in [0.05, 0.1) is 24.2 Å². The van der Waals surface area contributed by atoms with Gasteiger partial charge in [-0.1, -0.05) is 11.6 Å². The molecule has 0 atom stereocenters.